The van der Waals surface area contributed by atoms with Crippen LogP contribution in [0.2, 0.25) is 5.02 Å². The number of anilines is 2. The van der Waals surface area contributed by atoms with Gasteiger partial charge in [-0.2, -0.15) is 13.2 Å². The van der Waals surface area contributed by atoms with E-state index in [4.69, 9.17) is 11.6 Å². The molecule has 1 aliphatic carbocycles. The number of rotatable bonds is 4. The number of halogens is 5. The van der Waals surface area contributed by atoms with Gasteiger partial charge in [0.25, 0.3) is 0 Å². The minimum absolute atomic E-state index is 0.0360. The highest BCUT2D eigenvalue weighted by molar-refractivity contribution is 6.30. The zero-order valence-corrected chi connectivity index (χ0v) is 18.6. The van der Waals surface area contributed by atoms with E-state index in [0.29, 0.717) is 19.1 Å². The van der Waals surface area contributed by atoms with Gasteiger partial charge < -0.3 is 9.80 Å². The summed E-state index contributed by atoms with van der Waals surface area (Å²) >= 11 is 5.96. The molecule has 5 rings (SSSR count). The molecule has 1 saturated carbocycles. The van der Waals surface area contributed by atoms with Crippen molar-refractivity contribution in [2.45, 2.75) is 50.2 Å². The molecule has 0 unspecified atom stereocenters. The van der Waals surface area contributed by atoms with Gasteiger partial charge >= 0.3 is 6.18 Å². The number of amides is 1. The molecule has 2 aromatic carbocycles. The average Bonchev–Trinajstić information content (AvgIpc) is 3.54. The summed E-state index contributed by atoms with van der Waals surface area (Å²) in [4.78, 5) is 19.1. The molecule has 2 atom stereocenters. The van der Waals surface area contributed by atoms with Gasteiger partial charge in [0.05, 0.1) is 23.0 Å². The van der Waals surface area contributed by atoms with Crippen molar-refractivity contribution in [2.75, 3.05) is 29.4 Å². The van der Waals surface area contributed by atoms with Crippen LogP contribution in [0.1, 0.15) is 30.4 Å². The van der Waals surface area contributed by atoms with E-state index in [1.54, 1.807) is 4.90 Å². The Morgan fingerprint density at radius 3 is 2.48 bits per heavy atom. The summed E-state index contributed by atoms with van der Waals surface area (Å²) in [6.45, 7) is 0.865. The first-order valence-electron chi connectivity index (χ1n) is 11.1. The van der Waals surface area contributed by atoms with Crippen LogP contribution in [0, 0.1) is 0 Å². The standard InChI is InChI=1S/C24H24ClF4N3O/c25-16-5-8-19(24(27,28)29)15(11-16)13-30-14-17(26)12-22(30)23(33)32-10-9-31(18-6-7-18)20-3-1-2-4-21(20)32/h1-5,8,11,17-18,22H,6-7,9-10,12-14H2/t17-,22+/m0/s1. The lowest BCUT2D eigenvalue weighted by atomic mass is 10.1. The molecule has 2 aromatic rings. The number of carbonyl (C=O) groups is 1. The molecule has 4 nitrogen and oxygen atoms in total. The SMILES string of the molecule is O=C([C@H]1C[C@H](F)CN1Cc1cc(Cl)ccc1C(F)(F)F)N1CCN(C2CC2)c2ccccc21. The number of hydrogen-bond acceptors (Lipinski definition) is 3. The van der Waals surface area contributed by atoms with Crippen molar-refractivity contribution in [3.8, 4) is 0 Å². The van der Waals surface area contributed by atoms with Crippen LogP contribution in [-0.2, 0) is 17.5 Å². The zero-order valence-electron chi connectivity index (χ0n) is 17.9. The third-order valence-corrected chi connectivity index (χ3v) is 6.92. The van der Waals surface area contributed by atoms with Gasteiger partial charge in [0.1, 0.15) is 6.17 Å². The number of likely N-dealkylation sites (tertiary alicyclic amines) is 1. The van der Waals surface area contributed by atoms with Crippen molar-refractivity contribution in [3.63, 3.8) is 0 Å². The molecule has 0 radical (unpaired) electrons. The Morgan fingerprint density at radius 1 is 1.06 bits per heavy atom. The molecule has 2 aliphatic heterocycles. The van der Waals surface area contributed by atoms with Crippen LogP contribution in [0.25, 0.3) is 0 Å². The topological polar surface area (TPSA) is 26.8 Å². The van der Waals surface area contributed by atoms with Crippen LogP contribution in [0.15, 0.2) is 42.5 Å². The van der Waals surface area contributed by atoms with Crippen LogP contribution < -0.4 is 9.80 Å². The molecule has 1 amide bonds. The van der Waals surface area contributed by atoms with Crippen LogP contribution in [0.5, 0.6) is 0 Å². The van der Waals surface area contributed by atoms with Gasteiger partial charge in [0.2, 0.25) is 5.91 Å². The Labute approximate surface area is 194 Å². The molecule has 176 valence electrons. The zero-order chi connectivity index (χ0) is 23.3. The number of hydrogen-bond donors (Lipinski definition) is 0. The largest absolute Gasteiger partial charge is 0.416 e. The molecule has 9 heteroatoms. The number of fused-ring (bicyclic) bond motifs is 1. The smallest absolute Gasteiger partial charge is 0.365 e. The van der Waals surface area contributed by atoms with E-state index in [9.17, 15) is 22.4 Å². The molecular formula is C24H24ClF4N3O. The number of alkyl halides is 4. The van der Waals surface area contributed by atoms with Crippen LogP contribution in [0.4, 0.5) is 28.9 Å². The maximum atomic E-state index is 14.5. The van der Waals surface area contributed by atoms with E-state index < -0.39 is 24.0 Å². The molecular weight excluding hydrogens is 458 g/mol. The summed E-state index contributed by atoms with van der Waals surface area (Å²) in [5.41, 5.74) is 0.890. The first-order valence-corrected chi connectivity index (χ1v) is 11.5. The van der Waals surface area contributed by atoms with Gasteiger partial charge in [0.15, 0.2) is 0 Å². The number of benzene rings is 2. The monoisotopic (exact) mass is 481 g/mol. The molecule has 33 heavy (non-hydrogen) atoms. The molecule has 3 aliphatic rings. The Hall–Kier alpha value is -2.32. The molecule has 1 saturated heterocycles. The second-order valence-corrected chi connectivity index (χ2v) is 9.42. The maximum absolute atomic E-state index is 14.5. The van der Waals surface area contributed by atoms with E-state index >= 15 is 0 Å². The van der Waals surface area contributed by atoms with Gasteiger partial charge in [-0.25, -0.2) is 4.39 Å². The van der Waals surface area contributed by atoms with E-state index in [0.717, 1.165) is 30.3 Å². The second-order valence-electron chi connectivity index (χ2n) is 8.98. The molecule has 0 N–H and O–H groups in total. The highest BCUT2D eigenvalue weighted by Gasteiger charge is 2.43. The van der Waals surface area contributed by atoms with Crippen molar-refractivity contribution in [3.05, 3.63) is 58.6 Å². The first kappa shape index (κ1) is 22.5. The third-order valence-electron chi connectivity index (χ3n) is 6.68. The Balaban J connectivity index is 1.42. The molecule has 0 bridgehead atoms. The van der Waals surface area contributed by atoms with Crippen LogP contribution in [-0.4, -0.2) is 48.7 Å². The van der Waals surface area contributed by atoms with E-state index in [-0.39, 0.29) is 36.0 Å². The lowest BCUT2D eigenvalue weighted by Gasteiger charge is -2.39. The number of nitrogens with zero attached hydrogens (tertiary/aromatic N) is 3. The first-order chi connectivity index (χ1) is 15.7. The molecule has 0 spiro atoms. The van der Waals surface area contributed by atoms with Crippen molar-refractivity contribution < 1.29 is 22.4 Å². The summed E-state index contributed by atoms with van der Waals surface area (Å²) in [5, 5.41) is 0.169. The minimum Gasteiger partial charge on any atom is -0.365 e. The highest BCUT2D eigenvalue weighted by Crippen LogP contribution is 2.41. The van der Waals surface area contributed by atoms with Gasteiger partial charge in [0, 0.05) is 43.7 Å². The predicted octanol–water partition coefficient (Wildman–Crippen LogP) is 5.29. The maximum Gasteiger partial charge on any atom is 0.416 e. The summed E-state index contributed by atoms with van der Waals surface area (Å²) in [6, 6.07) is 10.7. The molecule has 0 aromatic heterocycles. The Morgan fingerprint density at radius 2 is 1.79 bits per heavy atom. The van der Waals surface area contributed by atoms with Gasteiger partial charge in [-0.1, -0.05) is 23.7 Å². The van der Waals surface area contributed by atoms with Crippen LogP contribution in [0.3, 0.4) is 0 Å². The average molecular weight is 482 g/mol. The fourth-order valence-corrected chi connectivity index (χ4v) is 5.22. The normalized spacial score (nSPS) is 23.7. The Bertz CT molecular complexity index is 1060. The molecule has 2 fully saturated rings. The number of para-hydroxylation sites is 2. The highest BCUT2D eigenvalue weighted by atomic mass is 35.5. The van der Waals surface area contributed by atoms with Crippen LogP contribution >= 0.6 is 11.6 Å². The summed E-state index contributed by atoms with van der Waals surface area (Å²) < 4.78 is 55.1. The fourth-order valence-electron chi connectivity index (χ4n) is 5.03. The van der Waals surface area contributed by atoms with Gasteiger partial charge in [-0.15, -0.1) is 0 Å². The fraction of sp³-hybridized carbons (Fsp3) is 0.458. The second kappa shape index (κ2) is 8.47. The van der Waals surface area contributed by atoms with Crippen molar-refractivity contribution in [1.29, 1.82) is 0 Å². The van der Waals surface area contributed by atoms with E-state index in [2.05, 4.69) is 4.90 Å². The van der Waals surface area contributed by atoms with E-state index in [1.165, 1.54) is 17.0 Å². The predicted molar refractivity (Wildman–Crippen MR) is 119 cm³/mol. The van der Waals surface area contributed by atoms with E-state index in [1.807, 2.05) is 24.3 Å². The summed E-state index contributed by atoms with van der Waals surface area (Å²) in [7, 11) is 0. The number of carbonyl (C=O) groups excluding carboxylic acids is 1. The van der Waals surface area contributed by atoms with Crippen molar-refractivity contribution >= 4 is 28.9 Å². The summed E-state index contributed by atoms with van der Waals surface area (Å²) in [6.07, 6.45) is -3.62. The molecule has 2 heterocycles. The quantitative estimate of drug-likeness (QED) is 0.555. The van der Waals surface area contributed by atoms with Crippen molar-refractivity contribution in [1.82, 2.24) is 4.90 Å². The van der Waals surface area contributed by atoms with Gasteiger partial charge in [-0.05, 0) is 48.7 Å². The third kappa shape index (κ3) is 4.43. The minimum atomic E-state index is -4.56. The summed E-state index contributed by atoms with van der Waals surface area (Å²) in [5.74, 6) is -0.270. The Kier molecular flexibility index (Phi) is 5.77. The lowest BCUT2D eigenvalue weighted by molar-refractivity contribution is -0.138. The lowest BCUT2D eigenvalue weighted by Crippen LogP contribution is -2.51. The van der Waals surface area contributed by atoms with Gasteiger partial charge in [-0.3, -0.25) is 9.69 Å². The van der Waals surface area contributed by atoms with Crippen molar-refractivity contribution in [2.24, 2.45) is 0 Å².